The maximum Gasteiger partial charge on any atom is 0.264 e. The van der Waals surface area contributed by atoms with Gasteiger partial charge in [-0.2, -0.15) is 0 Å². The smallest absolute Gasteiger partial charge is 0.264 e. The second-order valence-corrected chi connectivity index (χ2v) is 9.86. The Morgan fingerprint density at radius 2 is 1.80 bits per heavy atom. The van der Waals surface area contributed by atoms with E-state index >= 15 is 0 Å². The van der Waals surface area contributed by atoms with Crippen molar-refractivity contribution in [1.29, 1.82) is 0 Å². The van der Waals surface area contributed by atoms with Crippen LogP contribution in [-0.2, 0) is 10.0 Å². The lowest BCUT2D eigenvalue weighted by atomic mass is 10.2. The molecule has 0 saturated carbocycles. The molecule has 6 nitrogen and oxygen atoms in total. The molecule has 0 aliphatic heterocycles. The fourth-order valence-electron chi connectivity index (χ4n) is 2.86. The first-order valence-corrected chi connectivity index (χ1v) is 11.5. The summed E-state index contributed by atoms with van der Waals surface area (Å²) in [4.78, 5) is 17.1. The van der Waals surface area contributed by atoms with Crippen LogP contribution in [0.2, 0.25) is 5.02 Å². The van der Waals surface area contributed by atoms with Gasteiger partial charge in [0.1, 0.15) is 0 Å². The van der Waals surface area contributed by atoms with Crippen LogP contribution in [-0.4, -0.2) is 26.4 Å². The molecule has 4 rings (SSSR count). The molecule has 30 heavy (non-hydrogen) atoms. The van der Waals surface area contributed by atoms with Gasteiger partial charge in [0.2, 0.25) is 0 Å². The van der Waals surface area contributed by atoms with E-state index in [1.165, 1.54) is 36.6 Å². The summed E-state index contributed by atoms with van der Waals surface area (Å²) in [6.07, 6.45) is 0. The maximum atomic E-state index is 13.0. The summed E-state index contributed by atoms with van der Waals surface area (Å²) >= 11 is 7.33. The van der Waals surface area contributed by atoms with E-state index in [1.807, 2.05) is 24.3 Å². The fraction of sp³-hybridized carbons (Fsp3) is 0.0476. The molecule has 1 aromatic heterocycles. The lowest BCUT2D eigenvalue weighted by molar-refractivity contribution is 0.102. The standard InChI is InChI=1S/C21H16ClN3O3S2/c1-25(16-8-5-7-15(22)13-16)30(27,28)17-9-4-6-14(12-17)20(26)24-21-23-18-10-2-3-11-19(18)29-21/h2-13H,1H3,(H,23,24,26). The highest BCUT2D eigenvalue weighted by atomic mass is 35.5. The van der Waals surface area contributed by atoms with Gasteiger partial charge in [0.25, 0.3) is 15.9 Å². The van der Waals surface area contributed by atoms with E-state index < -0.39 is 15.9 Å². The molecule has 4 aromatic rings. The average molecular weight is 458 g/mol. The molecule has 0 bridgehead atoms. The van der Waals surface area contributed by atoms with Gasteiger partial charge < -0.3 is 0 Å². The number of para-hydroxylation sites is 1. The molecular formula is C21H16ClN3O3S2. The molecule has 0 aliphatic rings. The maximum absolute atomic E-state index is 13.0. The van der Waals surface area contributed by atoms with E-state index in [-0.39, 0.29) is 10.5 Å². The number of halogens is 1. The van der Waals surface area contributed by atoms with Gasteiger partial charge in [0.05, 0.1) is 20.8 Å². The van der Waals surface area contributed by atoms with Crippen molar-refractivity contribution in [3.8, 4) is 0 Å². The molecular weight excluding hydrogens is 442 g/mol. The number of hydrogen-bond acceptors (Lipinski definition) is 5. The molecule has 9 heteroatoms. The second-order valence-electron chi connectivity index (χ2n) is 6.42. The Kier molecular flexibility index (Phi) is 5.46. The Morgan fingerprint density at radius 3 is 2.57 bits per heavy atom. The van der Waals surface area contributed by atoms with Crippen LogP contribution in [0.15, 0.2) is 77.7 Å². The molecule has 1 amide bonds. The van der Waals surface area contributed by atoms with Crippen LogP contribution in [0.1, 0.15) is 10.4 Å². The molecule has 0 atom stereocenters. The first-order valence-electron chi connectivity index (χ1n) is 8.86. The van der Waals surface area contributed by atoms with E-state index in [9.17, 15) is 13.2 Å². The zero-order valence-electron chi connectivity index (χ0n) is 15.7. The van der Waals surface area contributed by atoms with Gasteiger partial charge in [-0.1, -0.05) is 47.2 Å². The Bertz CT molecular complexity index is 1320. The second kappa shape index (κ2) is 8.06. The topological polar surface area (TPSA) is 79.4 Å². The van der Waals surface area contributed by atoms with Gasteiger partial charge in [-0.15, -0.1) is 0 Å². The van der Waals surface area contributed by atoms with Crippen molar-refractivity contribution in [1.82, 2.24) is 4.98 Å². The van der Waals surface area contributed by atoms with Crippen molar-refractivity contribution in [3.63, 3.8) is 0 Å². The number of carbonyl (C=O) groups is 1. The molecule has 1 N–H and O–H groups in total. The first kappa shape index (κ1) is 20.3. The molecule has 0 aliphatic carbocycles. The number of thiazole rings is 1. The summed E-state index contributed by atoms with van der Waals surface area (Å²) in [6, 6.07) is 20.0. The van der Waals surface area contributed by atoms with Crippen LogP contribution in [0.25, 0.3) is 10.2 Å². The summed E-state index contributed by atoms with van der Waals surface area (Å²) < 4.78 is 28.2. The van der Waals surface area contributed by atoms with Crippen molar-refractivity contribution < 1.29 is 13.2 Å². The van der Waals surface area contributed by atoms with Gasteiger partial charge in [0, 0.05) is 17.6 Å². The minimum Gasteiger partial charge on any atom is -0.298 e. The number of nitrogens with zero attached hydrogens (tertiary/aromatic N) is 2. The minimum absolute atomic E-state index is 0.00178. The Balaban J connectivity index is 1.60. The summed E-state index contributed by atoms with van der Waals surface area (Å²) in [5.74, 6) is -0.434. The Morgan fingerprint density at radius 1 is 1.03 bits per heavy atom. The van der Waals surface area contributed by atoms with Gasteiger partial charge in [0.15, 0.2) is 5.13 Å². The Hall–Kier alpha value is -2.94. The number of anilines is 2. The van der Waals surface area contributed by atoms with Crippen molar-refractivity contribution in [2.45, 2.75) is 4.90 Å². The van der Waals surface area contributed by atoms with Crippen LogP contribution in [0.3, 0.4) is 0 Å². The highest BCUT2D eigenvalue weighted by Gasteiger charge is 2.23. The number of fused-ring (bicyclic) bond motifs is 1. The predicted molar refractivity (Wildman–Crippen MR) is 121 cm³/mol. The van der Waals surface area contributed by atoms with Gasteiger partial charge >= 0.3 is 0 Å². The third-order valence-electron chi connectivity index (χ3n) is 4.44. The number of aromatic nitrogens is 1. The molecule has 152 valence electrons. The van der Waals surface area contributed by atoms with E-state index in [0.717, 1.165) is 14.5 Å². The summed E-state index contributed by atoms with van der Waals surface area (Å²) in [5, 5.41) is 3.62. The van der Waals surface area contributed by atoms with E-state index in [0.29, 0.717) is 15.8 Å². The highest BCUT2D eigenvalue weighted by molar-refractivity contribution is 7.92. The summed E-state index contributed by atoms with van der Waals surface area (Å²) in [7, 11) is -2.44. The largest absolute Gasteiger partial charge is 0.298 e. The minimum atomic E-state index is -3.88. The van der Waals surface area contributed by atoms with Crippen LogP contribution < -0.4 is 9.62 Å². The van der Waals surface area contributed by atoms with Crippen molar-refractivity contribution in [2.75, 3.05) is 16.7 Å². The van der Waals surface area contributed by atoms with Crippen molar-refractivity contribution >= 4 is 59.9 Å². The molecule has 0 unspecified atom stereocenters. The quantitative estimate of drug-likeness (QED) is 0.456. The monoisotopic (exact) mass is 457 g/mol. The average Bonchev–Trinajstić information content (AvgIpc) is 3.15. The van der Waals surface area contributed by atoms with Crippen LogP contribution in [0.5, 0.6) is 0 Å². The summed E-state index contributed by atoms with van der Waals surface area (Å²) in [6.45, 7) is 0. The number of rotatable bonds is 5. The normalized spacial score (nSPS) is 11.4. The number of sulfonamides is 1. The lowest BCUT2D eigenvalue weighted by Gasteiger charge is -2.20. The van der Waals surface area contributed by atoms with E-state index in [4.69, 9.17) is 11.6 Å². The van der Waals surface area contributed by atoms with E-state index in [1.54, 1.807) is 30.3 Å². The number of nitrogens with one attached hydrogen (secondary N) is 1. The van der Waals surface area contributed by atoms with Gasteiger partial charge in [-0.25, -0.2) is 13.4 Å². The SMILES string of the molecule is CN(c1cccc(Cl)c1)S(=O)(=O)c1cccc(C(=O)Nc2nc3ccccc3s2)c1. The molecule has 0 radical (unpaired) electrons. The fourth-order valence-corrected chi connectivity index (χ4v) is 5.14. The molecule has 0 saturated heterocycles. The van der Waals surface area contributed by atoms with Crippen LogP contribution in [0.4, 0.5) is 10.8 Å². The first-order chi connectivity index (χ1) is 14.3. The molecule has 0 fully saturated rings. The summed E-state index contributed by atoms with van der Waals surface area (Å²) in [5.41, 5.74) is 1.43. The van der Waals surface area contributed by atoms with Gasteiger partial charge in [-0.05, 0) is 48.5 Å². The number of amides is 1. The highest BCUT2D eigenvalue weighted by Crippen LogP contribution is 2.27. The third kappa shape index (κ3) is 4.02. The van der Waals surface area contributed by atoms with Crippen molar-refractivity contribution in [3.05, 3.63) is 83.4 Å². The van der Waals surface area contributed by atoms with E-state index in [2.05, 4.69) is 10.3 Å². The lowest BCUT2D eigenvalue weighted by Crippen LogP contribution is -2.26. The number of benzene rings is 3. The Labute approximate surface area is 182 Å². The molecule has 0 spiro atoms. The number of hydrogen-bond donors (Lipinski definition) is 1. The van der Waals surface area contributed by atoms with Crippen molar-refractivity contribution in [2.24, 2.45) is 0 Å². The predicted octanol–water partition coefficient (Wildman–Crippen LogP) is 5.03. The molecule has 1 heterocycles. The zero-order chi connectivity index (χ0) is 21.3. The zero-order valence-corrected chi connectivity index (χ0v) is 18.1. The number of carbonyl (C=O) groups excluding carboxylic acids is 1. The molecule has 3 aromatic carbocycles. The third-order valence-corrected chi connectivity index (χ3v) is 7.41. The van der Waals surface area contributed by atoms with Crippen LogP contribution >= 0.6 is 22.9 Å². The van der Waals surface area contributed by atoms with Gasteiger partial charge in [-0.3, -0.25) is 14.4 Å². The van der Waals surface area contributed by atoms with Crippen LogP contribution in [0, 0.1) is 0 Å².